The van der Waals surface area contributed by atoms with Gasteiger partial charge in [0.1, 0.15) is 5.75 Å². The molecule has 4 rings (SSSR count). The molecule has 4 aromatic rings. The van der Waals surface area contributed by atoms with Crippen molar-refractivity contribution in [3.8, 4) is 5.75 Å². The lowest BCUT2D eigenvalue weighted by Gasteiger charge is -2.09. The van der Waals surface area contributed by atoms with Gasteiger partial charge in [-0.05, 0) is 48.7 Å². The van der Waals surface area contributed by atoms with Crippen molar-refractivity contribution in [3.63, 3.8) is 0 Å². The number of hydrogen-bond donors (Lipinski definition) is 1. The molecule has 32 heavy (non-hydrogen) atoms. The maximum Gasteiger partial charge on any atom is 0.277 e. The molecule has 0 aliphatic rings. The average molecular weight is 446 g/mol. The van der Waals surface area contributed by atoms with Crippen LogP contribution in [0.25, 0.3) is 10.9 Å². The highest BCUT2D eigenvalue weighted by molar-refractivity contribution is 6.32. The Kier molecular flexibility index (Phi) is 6.57. The monoisotopic (exact) mass is 445 g/mol. The summed E-state index contributed by atoms with van der Waals surface area (Å²) in [6.45, 7) is 4.44. The highest BCUT2D eigenvalue weighted by Gasteiger charge is 2.08. The van der Waals surface area contributed by atoms with Crippen LogP contribution in [0.4, 0.5) is 0 Å². The summed E-state index contributed by atoms with van der Waals surface area (Å²) in [5, 5.41) is 5.91. The van der Waals surface area contributed by atoms with Gasteiger partial charge >= 0.3 is 0 Å². The molecular weight excluding hydrogens is 422 g/mol. The number of fused-ring (bicyclic) bond motifs is 1. The molecule has 1 aromatic heterocycles. The van der Waals surface area contributed by atoms with Crippen molar-refractivity contribution in [2.24, 2.45) is 5.10 Å². The van der Waals surface area contributed by atoms with E-state index in [2.05, 4.69) is 33.3 Å². The molecule has 0 aliphatic heterocycles. The predicted molar refractivity (Wildman–Crippen MR) is 130 cm³/mol. The smallest absolute Gasteiger partial charge is 0.277 e. The van der Waals surface area contributed by atoms with Crippen molar-refractivity contribution in [3.05, 3.63) is 100 Å². The first kappa shape index (κ1) is 21.7. The van der Waals surface area contributed by atoms with Gasteiger partial charge in [-0.15, -0.1) is 0 Å². The number of aryl methyl sites for hydroxylation is 2. The Balaban J connectivity index is 1.42. The standard InChI is InChI=1S/C26H24ClN3O2/c1-18-12-22(13-19(2)26(18)27)32-17-25(31)29-28-14-21-16-30(15-20-8-4-3-5-9-20)24-11-7-6-10-23(21)24/h3-14,16H,15,17H2,1-2H3,(H,29,31)/b28-14+. The predicted octanol–water partition coefficient (Wildman–Crippen LogP) is 5.49. The second kappa shape index (κ2) is 9.71. The zero-order chi connectivity index (χ0) is 22.5. The molecule has 1 amide bonds. The van der Waals surface area contributed by atoms with Gasteiger partial charge in [0.15, 0.2) is 6.61 Å². The van der Waals surface area contributed by atoms with Crippen LogP contribution in [0.5, 0.6) is 5.75 Å². The number of ether oxygens (including phenoxy) is 1. The molecule has 3 aromatic carbocycles. The van der Waals surface area contributed by atoms with Crippen LogP contribution >= 0.6 is 11.6 Å². The first-order valence-electron chi connectivity index (χ1n) is 10.3. The molecule has 0 atom stereocenters. The Labute approximate surface area is 192 Å². The van der Waals surface area contributed by atoms with Gasteiger partial charge in [0.25, 0.3) is 5.91 Å². The summed E-state index contributed by atoms with van der Waals surface area (Å²) in [6, 6.07) is 22.1. The van der Waals surface area contributed by atoms with Crippen molar-refractivity contribution in [2.45, 2.75) is 20.4 Å². The van der Waals surface area contributed by atoms with E-state index in [-0.39, 0.29) is 12.5 Å². The SMILES string of the molecule is Cc1cc(OCC(=O)N/N=C/c2cn(Cc3ccccc3)c3ccccc23)cc(C)c1Cl. The minimum Gasteiger partial charge on any atom is -0.484 e. The number of carbonyl (C=O) groups excluding carboxylic acids is 1. The van der Waals surface area contributed by atoms with E-state index < -0.39 is 0 Å². The van der Waals surface area contributed by atoms with Gasteiger partial charge in [-0.3, -0.25) is 4.79 Å². The van der Waals surface area contributed by atoms with E-state index in [1.54, 1.807) is 6.21 Å². The van der Waals surface area contributed by atoms with E-state index in [4.69, 9.17) is 16.3 Å². The molecule has 0 spiro atoms. The lowest BCUT2D eigenvalue weighted by Crippen LogP contribution is -2.24. The zero-order valence-corrected chi connectivity index (χ0v) is 18.8. The Morgan fingerprint density at radius 1 is 1.06 bits per heavy atom. The number of para-hydroxylation sites is 1. The quantitative estimate of drug-likeness (QED) is 0.302. The number of hydrazone groups is 1. The van der Waals surface area contributed by atoms with Crippen LogP contribution in [-0.2, 0) is 11.3 Å². The summed E-state index contributed by atoms with van der Waals surface area (Å²) in [5.74, 6) is 0.270. The van der Waals surface area contributed by atoms with Crippen LogP contribution in [0.15, 0.2) is 78.0 Å². The summed E-state index contributed by atoms with van der Waals surface area (Å²) in [7, 11) is 0. The highest BCUT2D eigenvalue weighted by atomic mass is 35.5. The molecule has 0 radical (unpaired) electrons. The minimum atomic E-state index is -0.334. The largest absolute Gasteiger partial charge is 0.484 e. The van der Waals surface area contributed by atoms with Gasteiger partial charge in [0.05, 0.1) is 6.21 Å². The number of amides is 1. The van der Waals surface area contributed by atoms with Crippen LogP contribution in [0, 0.1) is 13.8 Å². The van der Waals surface area contributed by atoms with Gasteiger partial charge < -0.3 is 9.30 Å². The molecule has 0 saturated carbocycles. The Morgan fingerprint density at radius 3 is 2.50 bits per heavy atom. The molecule has 1 heterocycles. The third kappa shape index (κ3) is 5.01. The molecule has 5 nitrogen and oxygen atoms in total. The highest BCUT2D eigenvalue weighted by Crippen LogP contribution is 2.26. The fourth-order valence-electron chi connectivity index (χ4n) is 3.63. The third-order valence-electron chi connectivity index (χ3n) is 5.19. The summed E-state index contributed by atoms with van der Waals surface area (Å²) < 4.78 is 7.76. The van der Waals surface area contributed by atoms with Crippen molar-refractivity contribution in [2.75, 3.05) is 6.61 Å². The van der Waals surface area contributed by atoms with Crippen molar-refractivity contribution < 1.29 is 9.53 Å². The van der Waals surface area contributed by atoms with Gasteiger partial charge in [0, 0.05) is 34.2 Å². The van der Waals surface area contributed by atoms with Gasteiger partial charge in [0.2, 0.25) is 0 Å². The summed E-state index contributed by atoms with van der Waals surface area (Å²) in [4.78, 5) is 12.2. The number of rotatable bonds is 7. The van der Waals surface area contributed by atoms with Crippen LogP contribution in [0.1, 0.15) is 22.3 Å². The summed E-state index contributed by atoms with van der Waals surface area (Å²) >= 11 is 6.17. The number of nitrogens with one attached hydrogen (secondary N) is 1. The normalized spacial score (nSPS) is 11.2. The number of hydrogen-bond acceptors (Lipinski definition) is 3. The second-order valence-electron chi connectivity index (χ2n) is 7.67. The van der Waals surface area contributed by atoms with Crippen LogP contribution in [-0.4, -0.2) is 23.3 Å². The topological polar surface area (TPSA) is 55.6 Å². The number of nitrogens with zero attached hydrogens (tertiary/aromatic N) is 2. The minimum absolute atomic E-state index is 0.131. The molecule has 1 N–H and O–H groups in total. The van der Waals surface area contributed by atoms with E-state index >= 15 is 0 Å². The average Bonchev–Trinajstić information content (AvgIpc) is 3.14. The number of halogens is 1. The van der Waals surface area contributed by atoms with Gasteiger partial charge in [-0.2, -0.15) is 5.10 Å². The fourth-order valence-corrected chi connectivity index (χ4v) is 3.74. The van der Waals surface area contributed by atoms with Crippen molar-refractivity contribution >= 4 is 34.6 Å². The van der Waals surface area contributed by atoms with Crippen LogP contribution in [0.3, 0.4) is 0 Å². The van der Waals surface area contributed by atoms with Crippen molar-refractivity contribution in [1.82, 2.24) is 9.99 Å². The molecule has 0 unspecified atom stereocenters. The molecule has 162 valence electrons. The van der Waals surface area contributed by atoms with Crippen molar-refractivity contribution in [1.29, 1.82) is 0 Å². The first-order chi connectivity index (χ1) is 15.5. The second-order valence-corrected chi connectivity index (χ2v) is 8.05. The summed E-state index contributed by atoms with van der Waals surface area (Å²) in [6.07, 6.45) is 3.71. The molecular formula is C26H24ClN3O2. The Bertz CT molecular complexity index is 1260. The molecule has 0 fully saturated rings. The Morgan fingerprint density at radius 2 is 1.75 bits per heavy atom. The number of aromatic nitrogens is 1. The van der Waals surface area contributed by atoms with Gasteiger partial charge in [-0.25, -0.2) is 5.43 Å². The lowest BCUT2D eigenvalue weighted by atomic mass is 10.1. The van der Waals surface area contributed by atoms with Crippen LogP contribution in [0.2, 0.25) is 5.02 Å². The lowest BCUT2D eigenvalue weighted by molar-refractivity contribution is -0.123. The maximum absolute atomic E-state index is 12.2. The first-order valence-corrected chi connectivity index (χ1v) is 10.7. The van der Waals surface area contributed by atoms with E-state index in [0.29, 0.717) is 10.8 Å². The molecule has 0 aliphatic carbocycles. The Hall–Kier alpha value is -3.57. The zero-order valence-electron chi connectivity index (χ0n) is 18.0. The third-order valence-corrected chi connectivity index (χ3v) is 5.78. The molecule has 0 bridgehead atoms. The van der Waals surface area contributed by atoms with Crippen LogP contribution < -0.4 is 10.2 Å². The van der Waals surface area contributed by atoms with E-state index in [9.17, 15) is 4.79 Å². The maximum atomic E-state index is 12.2. The van der Waals surface area contributed by atoms with E-state index in [0.717, 1.165) is 34.1 Å². The number of carbonyl (C=O) groups is 1. The number of benzene rings is 3. The van der Waals surface area contributed by atoms with E-state index in [1.807, 2.05) is 68.6 Å². The van der Waals surface area contributed by atoms with Gasteiger partial charge in [-0.1, -0.05) is 60.1 Å². The fraction of sp³-hybridized carbons (Fsp3) is 0.154. The molecule has 6 heteroatoms. The molecule has 0 saturated heterocycles. The summed E-state index contributed by atoms with van der Waals surface area (Å²) in [5.41, 5.74) is 7.62. The van der Waals surface area contributed by atoms with E-state index in [1.165, 1.54) is 5.56 Å².